The number of nitrogens with zero attached hydrogens (tertiary/aromatic N) is 2. The number of rotatable bonds is 4. The Labute approximate surface area is 93.1 Å². The normalized spacial score (nSPS) is 30.8. The molecule has 0 spiro atoms. The molecule has 1 heterocycles. The number of aliphatic hydroxyl groups is 1. The van der Waals surface area contributed by atoms with Crippen LogP contribution in [0.3, 0.4) is 0 Å². The van der Waals surface area contributed by atoms with E-state index in [-0.39, 0.29) is 5.41 Å². The predicted octanol–water partition coefficient (Wildman–Crippen LogP) is 0.785. The molecule has 1 atom stereocenters. The third-order valence-electron chi connectivity index (χ3n) is 4.32. The molecule has 0 aromatic heterocycles. The van der Waals surface area contributed by atoms with Crippen LogP contribution >= 0.6 is 0 Å². The molecule has 0 amide bonds. The maximum absolute atomic E-state index is 9.44. The minimum atomic E-state index is 0.246. The molecule has 1 N–H and O–H groups in total. The van der Waals surface area contributed by atoms with Crippen molar-refractivity contribution in [2.75, 3.05) is 40.3 Å². The van der Waals surface area contributed by atoms with Crippen LogP contribution < -0.4 is 0 Å². The third kappa shape index (κ3) is 2.35. The first-order chi connectivity index (χ1) is 7.15. The second-order valence-electron chi connectivity index (χ2n) is 5.63. The Bertz CT molecular complexity index is 210. The number of hydrogen-bond donors (Lipinski definition) is 1. The lowest BCUT2D eigenvalue weighted by Gasteiger charge is -2.44. The van der Waals surface area contributed by atoms with Crippen LogP contribution in [0.1, 0.15) is 25.7 Å². The van der Waals surface area contributed by atoms with Gasteiger partial charge in [0.1, 0.15) is 0 Å². The summed E-state index contributed by atoms with van der Waals surface area (Å²) in [5, 5.41) is 9.44. The van der Waals surface area contributed by atoms with Crippen LogP contribution in [0.4, 0.5) is 0 Å². The van der Waals surface area contributed by atoms with Crippen LogP contribution in [0.25, 0.3) is 0 Å². The zero-order valence-electron chi connectivity index (χ0n) is 10.1. The van der Waals surface area contributed by atoms with E-state index in [9.17, 15) is 5.11 Å². The lowest BCUT2D eigenvalue weighted by atomic mass is 9.69. The van der Waals surface area contributed by atoms with Crippen LogP contribution in [-0.4, -0.2) is 61.3 Å². The smallest absolute Gasteiger partial charge is 0.0499 e. The Morgan fingerprint density at radius 2 is 2.20 bits per heavy atom. The standard InChI is InChI=1S/C12H24N2O/c1-13-7-4-11(8-13)14(2)9-12(10-15)5-3-6-12/h11,15H,3-10H2,1-2H3. The van der Waals surface area contributed by atoms with E-state index in [1.165, 1.54) is 38.8 Å². The molecule has 1 unspecified atom stereocenters. The minimum Gasteiger partial charge on any atom is -0.396 e. The van der Waals surface area contributed by atoms with Gasteiger partial charge in [0.15, 0.2) is 0 Å². The van der Waals surface area contributed by atoms with E-state index in [2.05, 4.69) is 23.9 Å². The number of aliphatic hydroxyl groups excluding tert-OH is 1. The van der Waals surface area contributed by atoms with Crippen molar-refractivity contribution in [1.82, 2.24) is 9.80 Å². The van der Waals surface area contributed by atoms with Gasteiger partial charge in [0, 0.05) is 31.2 Å². The third-order valence-corrected chi connectivity index (χ3v) is 4.32. The van der Waals surface area contributed by atoms with Crippen LogP contribution in [0.2, 0.25) is 0 Å². The van der Waals surface area contributed by atoms with Gasteiger partial charge in [0.05, 0.1) is 0 Å². The van der Waals surface area contributed by atoms with Crippen LogP contribution in [-0.2, 0) is 0 Å². The van der Waals surface area contributed by atoms with Gasteiger partial charge < -0.3 is 14.9 Å². The highest BCUT2D eigenvalue weighted by Gasteiger charge is 2.38. The number of hydrogen-bond acceptors (Lipinski definition) is 3. The van der Waals surface area contributed by atoms with E-state index in [4.69, 9.17) is 0 Å². The monoisotopic (exact) mass is 212 g/mol. The topological polar surface area (TPSA) is 26.7 Å². The molecule has 0 radical (unpaired) electrons. The lowest BCUT2D eigenvalue weighted by Crippen LogP contribution is -2.47. The Morgan fingerprint density at radius 1 is 1.47 bits per heavy atom. The highest BCUT2D eigenvalue weighted by molar-refractivity contribution is 4.92. The molecule has 2 rings (SSSR count). The fourth-order valence-electron chi connectivity index (χ4n) is 2.97. The summed E-state index contributed by atoms with van der Waals surface area (Å²) in [7, 11) is 4.42. The van der Waals surface area contributed by atoms with Gasteiger partial charge in [-0.15, -0.1) is 0 Å². The summed E-state index contributed by atoms with van der Waals surface area (Å²) in [6.07, 6.45) is 5.03. The van der Waals surface area contributed by atoms with E-state index >= 15 is 0 Å². The average Bonchev–Trinajstić information content (AvgIpc) is 2.58. The molecule has 0 bridgehead atoms. The first-order valence-electron chi connectivity index (χ1n) is 6.15. The van der Waals surface area contributed by atoms with Crippen LogP contribution in [0.15, 0.2) is 0 Å². The van der Waals surface area contributed by atoms with E-state index < -0.39 is 0 Å². The molecule has 1 aliphatic heterocycles. The molecule has 0 aromatic carbocycles. The Hall–Kier alpha value is -0.120. The second-order valence-corrected chi connectivity index (χ2v) is 5.63. The number of likely N-dealkylation sites (N-methyl/N-ethyl adjacent to an activating group) is 2. The molecule has 1 saturated carbocycles. The molecule has 3 heteroatoms. The summed E-state index contributed by atoms with van der Waals surface area (Å²) in [5.74, 6) is 0. The van der Waals surface area contributed by atoms with E-state index in [0.717, 1.165) is 6.54 Å². The van der Waals surface area contributed by atoms with Gasteiger partial charge in [0.2, 0.25) is 0 Å². The lowest BCUT2D eigenvalue weighted by molar-refractivity contribution is 0.00503. The predicted molar refractivity (Wildman–Crippen MR) is 61.9 cm³/mol. The molecule has 3 nitrogen and oxygen atoms in total. The molecular weight excluding hydrogens is 188 g/mol. The molecule has 88 valence electrons. The van der Waals surface area contributed by atoms with Gasteiger partial charge in [-0.25, -0.2) is 0 Å². The van der Waals surface area contributed by atoms with Crippen molar-refractivity contribution in [3.63, 3.8) is 0 Å². The summed E-state index contributed by atoms with van der Waals surface area (Å²) in [6, 6.07) is 0.707. The van der Waals surface area contributed by atoms with Crippen molar-refractivity contribution in [2.45, 2.75) is 31.7 Å². The largest absolute Gasteiger partial charge is 0.396 e. The highest BCUT2D eigenvalue weighted by atomic mass is 16.3. The van der Waals surface area contributed by atoms with E-state index in [0.29, 0.717) is 12.6 Å². The summed E-state index contributed by atoms with van der Waals surface area (Å²) >= 11 is 0. The molecule has 0 aromatic rings. The van der Waals surface area contributed by atoms with Gasteiger partial charge in [-0.05, 0) is 39.9 Å². The first kappa shape index (κ1) is 11.4. The average molecular weight is 212 g/mol. The fraction of sp³-hybridized carbons (Fsp3) is 1.00. The zero-order valence-corrected chi connectivity index (χ0v) is 10.1. The molecule has 15 heavy (non-hydrogen) atoms. The van der Waals surface area contributed by atoms with Crippen molar-refractivity contribution >= 4 is 0 Å². The number of likely N-dealkylation sites (tertiary alicyclic amines) is 1. The van der Waals surface area contributed by atoms with Gasteiger partial charge in [0.25, 0.3) is 0 Å². The molecule has 1 aliphatic carbocycles. The van der Waals surface area contributed by atoms with Crippen LogP contribution in [0.5, 0.6) is 0 Å². The van der Waals surface area contributed by atoms with Crippen molar-refractivity contribution in [3.05, 3.63) is 0 Å². The Morgan fingerprint density at radius 3 is 2.60 bits per heavy atom. The molecule has 2 aliphatic rings. The second kappa shape index (κ2) is 4.40. The summed E-state index contributed by atoms with van der Waals surface area (Å²) in [5.41, 5.74) is 0.246. The SMILES string of the molecule is CN1CCC(N(C)CC2(CO)CCC2)C1. The van der Waals surface area contributed by atoms with Crippen LogP contribution in [0, 0.1) is 5.41 Å². The summed E-state index contributed by atoms with van der Waals surface area (Å²) in [4.78, 5) is 4.87. The van der Waals surface area contributed by atoms with Gasteiger partial charge >= 0.3 is 0 Å². The minimum absolute atomic E-state index is 0.246. The van der Waals surface area contributed by atoms with Crippen molar-refractivity contribution in [1.29, 1.82) is 0 Å². The summed E-state index contributed by atoms with van der Waals surface area (Å²) < 4.78 is 0. The fourth-order valence-corrected chi connectivity index (χ4v) is 2.97. The van der Waals surface area contributed by atoms with Gasteiger partial charge in [-0.1, -0.05) is 6.42 Å². The maximum atomic E-state index is 9.44. The Kier molecular flexibility index (Phi) is 3.33. The Balaban J connectivity index is 1.83. The highest BCUT2D eigenvalue weighted by Crippen LogP contribution is 2.41. The van der Waals surface area contributed by atoms with Gasteiger partial charge in [-0.2, -0.15) is 0 Å². The summed E-state index contributed by atoms with van der Waals surface area (Å²) in [6.45, 7) is 3.88. The van der Waals surface area contributed by atoms with Crippen molar-refractivity contribution in [3.8, 4) is 0 Å². The van der Waals surface area contributed by atoms with E-state index in [1.807, 2.05) is 0 Å². The van der Waals surface area contributed by atoms with Crippen molar-refractivity contribution in [2.24, 2.45) is 5.41 Å². The zero-order chi connectivity index (χ0) is 10.9. The molecule has 2 fully saturated rings. The van der Waals surface area contributed by atoms with E-state index in [1.54, 1.807) is 0 Å². The van der Waals surface area contributed by atoms with Gasteiger partial charge in [-0.3, -0.25) is 0 Å². The quantitative estimate of drug-likeness (QED) is 0.746. The maximum Gasteiger partial charge on any atom is 0.0499 e. The first-order valence-corrected chi connectivity index (χ1v) is 6.15. The molecular formula is C12H24N2O. The van der Waals surface area contributed by atoms with Crippen molar-refractivity contribution < 1.29 is 5.11 Å². The molecule has 1 saturated heterocycles.